The topological polar surface area (TPSA) is 89.0 Å². The summed E-state index contributed by atoms with van der Waals surface area (Å²) in [4.78, 5) is 14.8. The highest BCUT2D eigenvalue weighted by Gasteiger charge is 2.20. The van der Waals surface area contributed by atoms with Crippen molar-refractivity contribution >= 4 is 5.97 Å². The number of alkyl halides is 2. The van der Waals surface area contributed by atoms with Crippen LogP contribution in [0.15, 0.2) is 6.20 Å². The molecule has 0 spiro atoms. The van der Waals surface area contributed by atoms with Gasteiger partial charge in [-0.1, -0.05) is 0 Å². The van der Waals surface area contributed by atoms with E-state index in [1.54, 1.807) is 6.07 Å². The van der Waals surface area contributed by atoms with Gasteiger partial charge in [-0.3, -0.25) is 9.78 Å². The van der Waals surface area contributed by atoms with E-state index in [1.165, 1.54) is 7.11 Å². The van der Waals surface area contributed by atoms with Crippen LogP contribution in [0.3, 0.4) is 0 Å². The molecule has 0 bridgehead atoms. The second-order valence-electron chi connectivity index (χ2n) is 3.38. The van der Waals surface area contributed by atoms with Gasteiger partial charge in [-0.15, -0.1) is 0 Å². The monoisotopic (exact) mass is 255 g/mol. The highest BCUT2D eigenvalue weighted by Crippen LogP contribution is 2.26. The van der Waals surface area contributed by atoms with Crippen LogP contribution in [0.25, 0.3) is 0 Å². The van der Waals surface area contributed by atoms with Crippen LogP contribution in [0, 0.1) is 11.3 Å². The third-order valence-electron chi connectivity index (χ3n) is 2.39. The molecule has 0 amide bonds. The summed E-state index contributed by atoms with van der Waals surface area (Å²) in [6, 6.07) is 1.76. The highest BCUT2D eigenvalue weighted by atomic mass is 19.3. The maximum Gasteiger partial charge on any atom is 0.311 e. The maximum absolute atomic E-state index is 12.7. The van der Waals surface area contributed by atoms with E-state index in [0.29, 0.717) is 0 Å². The fourth-order valence-electron chi connectivity index (χ4n) is 1.49. The van der Waals surface area contributed by atoms with Gasteiger partial charge in [0, 0.05) is 18.3 Å². The van der Waals surface area contributed by atoms with Gasteiger partial charge in [-0.2, -0.15) is 5.26 Å². The minimum absolute atomic E-state index is 0.0152. The summed E-state index contributed by atoms with van der Waals surface area (Å²) >= 11 is 0. The van der Waals surface area contributed by atoms with Crippen LogP contribution < -0.4 is 5.73 Å². The third-order valence-corrected chi connectivity index (χ3v) is 2.39. The Labute approximate surface area is 102 Å². The van der Waals surface area contributed by atoms with E-state index >= 15 is 0 Å². The Morgan fingerprint density at radius 2 is 2.33 bits per heavy atom. The molecular formula is C11H11F2N3O2. The van der Waals surface area contributed by atoms with Crippen LogP contribution in [-0.2, 0) is 22.5 Å². The van der Waals surface area contributed by atoms with Gasteiger partial charge in [0.15, 0.2) is 0 Å². The summed E-state index contributed by atoms with van der Waals surface area (Å²) in [7, 11) is 1.19. The molecule has 1 heterocycles. The first-order valence-corrected chi connectivity index (χ1v) is 5.00. The molecule has 0 atom stereocenters. The minimum atomic E-state index is -2.77. The fraction of sp³-hybridized carbons (Fsp3) is 0.364. The first-order valence-electron chi connectivity index (χ1n) is 5.00. The number of nitrogens with two attached hydrogens (primary N) is 1. The molecular weight excluding hydrogens is 244 g/mol. The largest absolute Gasteiger partial charge is 0.469 e. The van der Waals surface area contributed by atoms with Crippen molar-refractivity contribution in [2.24, 2.45) is 5.73 Å². The van der Waals surface area contributed by atoms with Crippen molar-refractivity contribution in [2.75, 3.05) is 7.11 Å². The zero-order valence-electron chi connectivity index (χ0n) is 9.61. The molecule has 0 fully saturated rings. The van der Waals surface area contributed by atoms with E-state index in [0.717, 1.165) is 6.20 Å². The lowest BCUT2D eigenvalue weighted by Crippen LogP contribution is -2.13. The number of esters is 1. The molecule has 0 radical (unpaired) electrons. The van der Waals surface area contributed by atoms with Gasteiger partial charge in [0.25, 0.3) is 6.43 Å². The summed E-state index contributed by atoms with van der Waals surface area (Å²) in [6.45, 7) is -0.223. The molecule has 18 heavy (non-hydrogen) atoms. The lowest BCUT2D eigenvalue weighted by molar-refractivity contribution is -0.139. The molecule has 1 aromatic heterocycles. The van der Waals surface area contributed by atoms with Gasteiger partial charge in [0.1, 0.15) is 6.07 Å². The van der Waals surface area contributed by atoms with Crippen molar-refractivity contribution in [1.82, 2.24) is 4.98 Å². The van der Waals surface area contributed by atoms with Gasteiger partial charge in [-0.05, 0) is 5.56 Å². The Balaban J connectivity index is 3.31. The number of halogens is 2. The van der Waals surface area contributed by atoms with Crippen molar-refractivity contribution in [3.63, 3.8) is 0 Å². The SMILES string of the molecule is COC(=O)Cc1ncc(C(F)F)c(CN)c1C#N. The number of ether oxygens (including phenoxy) is 1. The first-order chi connectivity index (χ1) is 8.54. The quantitative estimate of drug-likeness (QED) is 0.813. The van der Waals surface area contributed by atoms with Crippen molar-refractivity contribution in [3.8, 4) is 6.07 Å². The van der Waals surface area contributed by atoms with Crippen LogP contribution >= 0.6 is 0 Å². The molecule has 0 saturated carbocycles. The summed E-state index contributed by atoms with van der Waals surface area (Å²) in [5.41, 5.74) is 5.01. The molecule has 1 rings (SSSR count). The molecule has 0 aliphatic carbocycles. The Morgan fingerprint density at radius 1 is 1.67 bits per heavy atom. The van der Waals surface area contributed by atoms with E-state index in [-0.39, 0.29) is 35.3 Å². The van der Waals surface area contributed by atoms with Crippen LogP contribution in [0.4, 0.5) is 8.78 Å². The Kier molecular flexibility index (Phi) is 4.68. The summed E-state index contributed by atoms with van der Waals surface area (Å²) in [5, 5.41) is 8.98. The normalized spacial score (nSPS) is 10.2. The molecule has 1 aromatic rings. The standard InChI is InChI=1S/C11H11F2N3O2/c1-18-10(17)2-9-7(4-15)6(3-14)8(5-16-9)11(12)13/h5,11H,2-3,14H2,1H3. The van der Waals surface area contributed by atoms with Gasteiger partial charge < -0.3 is 10.5 Å². The number of hydrogen-bond donors (Lipinski definition) is 1. The van der Waals surface area contributed by atoms with E-state index in [9.17, 15) is 13.6 Å². The Morgan fingerprint density at radius 3 is 2.78 bits per heavy atom. The number of nitrogens with zero attached hydrogens (tertiary/aromatic N) is 2. The third kappa shape index (κ3) is 2.78. The summed E-state index contributed by atoms with van der Waals surface area (Å²) < 4.78 is 29.8. The van der Waals surface area contributed by atoms with Gasteiger partial charge in [-0.25, -0.2) is 8.78 Å². The number of pyridine rings is 1. The minimum Gasteiger partial charge on any atom is -0.469 e. The lowest BCUT2D eigenvalue weighted by atomic mass is 10.0. The molecule has 0 aliphatic rings. The molecule has 0 aliphatic heterocycles. The average molecular weight is 255 g/mol. The van der Waals surface area contributed by atoms with Crippen molar-refractivity contribution in [2.45, 2.75) is 19.4 Å². The first kappa shape index (κ1) is 14.0. The predicted molar refractivity (Wildman–Crippen MR) is 57.5 cm³/mol. The van der Waals surface area contributed by atoms with E-state index in [4.69, 9.17) is 11.0 Å². The molecule has 7 heteroatoms. The van der Waals surface area contributed by atoms with Crippen LogP contribution in [0.5, 0.6) is 0 Å². The zero-order chi connectivity index (χ0) is 13.7. The van der Waals surface area contributed by atoms with Crippen molar-refractivity contribution < 1.29 is 18.3 Å². The number of carbonyl (C=O) groups excluding carboxylic acids is 1. The number of rotatable bonds is 4. The maximum atomic E-state index is 12.7. The molecule has 0 saturated heterocycles. The fourth-order valence-corrected chi connectivity index (χ4v) is 1.49. The number of methoxy groups -OCH3 is 1. The molecule has 2 N–H and O–H groups in total. The van der Waals surface area contributed by atoms with Gasteiger partial charge >= 0.3 is 5.97 Å². The van der Waals surface area contributed by atoms with Crippen molar-refractivity contribution in [1.29, 1.82) is 5.26 Å². The van der Waals surface area contributed by atoms with Crippen LogP contribution in [-0.4, -0.2) is 18.1 Å². The van der Waals surface area contributed by atoms with Crippen molar-refractivity contribution in [3.05, 3.63) is 28.6 Å². The Bertz CT molecular complexity index is 498. The lowest BCUT2D eigenvalue weighted by Gasteiger charge is -2.11. The van der Waals surface area contributed by atoms with E-state index in [2.05, 4.69) is 9.72 Å². The van der Waals surface area contributed by atoms with Crippen LogP contribution in [0.2, 0.25) is 0 Å². The zero-order valence-corrected chi connectivity index (χ0v) is 9.61. The van der Waals surface area contributed by atoms with E-state index < -0.39 is 12.4 Å². The highest BCUT2D eigenvalue weighted by molar-refractivity contribution is 5.73. The number of nitriles is 1. The number of carbonyl (C=O) groups is 1. The summed E-state index contributed by atoms with van der Waals surface area (Å²) in [5.74, 6) is -0.605. The number of hydrogen-bond acceptors (Lipinski definition) is 5. The molecule has 0 aromatic carbocycles. The second-order valence-corrected chi connectivity index (χ2v) is 3.38. The van der Waals surface area contributed by atoms with Gasteiger partial charge in [0.05, 0.1) is 24.8 Å². The van der Waals surface area contributed by atoms with Gasteiger partial charge in [0.2, 0.25) is 0 Å². The Hall–Kier alpha value is -2.07. The molecule has 96 valence electrons. The predicted octanol–water partition coefficient (Wildman–Crippen LogP) is 1.07. The average Bonchev–Trinajstić information content (AvgIpc) is 2.37. The van der Waals surface area contributed by atoms with Crippen LogP contribution in [0.1, 0.15) is 28.8 Å². The van der Waals surface area contributed by atoms with E-state index in [1.807, 2.05) is 0 Å². The molecule has 0 unspecified atom stereocenters. The summed E-state index contributed by atoms with van der Waals surface area (Å²) in [6.07, 6.45) is -2.09. The smallest absolute Gasteiger partial charge is 0.311 e. The number of aromatic nitrogens is 1. The molecule has 5 nitrogen and oxygen atoms in total. The second kappa shape index (κ2) is 6.02.